The van der Waals surface area contributed by atoms with Gasteiger partial charge in [-0.15, -0.1) is 10.2 Å². The van der Waals surface area contributed by atoms with Gasteiger partial charge in [0.15, 0.2) is 10.8 Å². The van der Waals surface area contributed by atoms with Crippen LogP contribution in [0, 0.1) is 0 Å². The van der Waals surface area contributed by atoms with Crippen molar-refractivity contribution in [2.75, 3.05) is 7.05 Å². The maximum atomic E-state index is 12.6. The van der Waals surface area contributed by atoms with E-state index in [-0.39, 0.29) is 0 Å². The summed E-state index contributed by atoms with van der Waals surface area (Å²) >= 11 is 13.3. The Morgan fingerprint density at radius 3 is 2.62 bits per heavy atom. The molecule has 2 aromatic heterocycles. The summed E-state index contributed by atoms with van der Waals surface area (Å²) in [5.41, 5.74) is 1.14. The van der Waals surface area contributed by atoms with E-state index in [0.29, 0.717) is 26.4 Å². The molecule has 0 fully saturated rings. The zero-order chi connectivity index (χ0) is 18.7. The largest absolute Gasteiger partial charge is 0.341 e. The van der Waals surface area contributed by atoms with Crippen LogP contribution in [0.4, 0.5) is 4.79 Å². The molecule has 2 heterocycles. The van der Waals surface area contributed by atoms with Crippen LogP contribution in [0.1, 0.15) is 10.8 Å². The number of aromatic nitrogens is 3. The van der Waals surface area contributed by atoms with Gasteiger partial charge in [-0.3, -0.25) is 14.5 Å². The predicted molar refractivity (Wildman–Crippen MR) is 101 cm³/mol. The van der Waals surface area contributed by atoms with Crippen LogP contribution in [-0.4, -0.2) is 33.6 Å². The lowest BCUT2D eigenvalue weighted by molar-refractivity contribution is -0.119. The summed E-state index contributed by atoms with van der Waals surface area (Å²) in [6.07, 6.45) is 1.61. The number of thioether (sulfide) groups is 1. The van der Waals surface area contributed by atoms with Crippen molar-refractivity contribution in [3.63, 3.8) is 0 Å². The predicted octanol–water partition coefficient (Wildman–Crippen LogP) is 3.33. The van der Waals surface area contributed by atoms with E-state index in [9.17, 15) is 9.59 Å². The zero-order valence-electron chi connectivity index (χ0n) is 13.4. The third-order valence-electron chi connectivity index (χ3n) is 3.42. The highest BCUT2D eigenvalue weighted by Gasteiger charge is 2.26. The molecule has 3 rings (SSSR count). The molecule has 0 radical (unpaired) electrons. The molecule has 2 N–H and O–H groups in total. The summed E-state index contributed by atoms with van der Waals surface area (Å²) in [6.45, 7) is 0. The molecule has 26 heavy (non-hydrogen) atoms. The number of urea groups is 1. The molecule has 1 atom stereocenters. The molecule has 0 bridgehead atoms. The van der Waals surface area contributed by atoms with Crippen LogP contribution in [0.25, 0.3) is 5.65 Å². The summed E-state index contributed by atoms with van der Waals surface area (Å²) in [4.78, 5) is 24.1. The molecule has 1 aromatic carbocycles. The first kappa shape index (κ1) is 18.5. The van der Waals surface area contributed by atoms with Gasteiger partial charge in [0.05, 0.1) is 10.0 Å². The molecule has 0 aliphatic rings. The van der Waals surface area contributed by atoms with Gasteiger partial charge in [0.1, 0.15) is 5.25 Å². The number of carbonyl (C=O) groups excluding carboxylic acids is 2. The van der Waals surface area contributed by atoms with Gasteiger partial charge in [0.25, 0.3) is 0 Å². The van der Waals surface area contributed by atoms with Gasteiger partial charge in [-0.2, -0.15) is 0 Å². The first-order chi connectivity index (χ1) is 12.5. The van der Waals surface area contributed by atoms with Crippen LogP contribution in [0.15, 0.2) is 47.8 Å². The van der Waals surface area contributed by atoms with Gasteiger partial charge in [0, 0.05) is 13.2 Å². The number of carbonyl (C=O) groups is 2. The number of hydrogen-bond acceptors (Lipinski definition) is 5. The van der Waals surface area contributed by atoms with E-state index in [1.165, 1.54) is 7.05 Å². The number of rotatable bonds is 4. The zero-order valence-corrected chi connectivity index (χ0v) is 15.8. The number of nitrogens with zero attached hydrogens (tertiary/aromatic N) is 3. The lowest BCUT2D eigenvalue weighted by Crippen LogP contribution is -2.39. The highest BCUT2D eigenvalue weighted by atomic mass is 35.5. The van der Waals surface area contributed by atoms with E-state index in [4.69, 9.17) is 23.2 Å². The van der Waals surface area contributed by atoms with Crippen LogP contribution in [0.3, 0.4) is 0 Å². The molecule has 0 saturated carbocycles. The van der Waals surface area contributed by atoms with Crippen molar-refractivity contribution >= 4 is 52.5 Å². The van der Waals surface area contributed by atoms with Crippen molar-refractivity contribution in [3.8, 4) is 0 Å². The van der Waals surface area contributed by atoms with Crippen LogP contribution in [0.2, 0.25) is 10.0 Å². The molecule has 0 aliphatic heterocycles. The fourth-order valence-electron chi connectivity index (χ4n) is 2.23. The highest BCUT2D eigenvalue weighted by molar-refractivity contribution is 8.00. The van der Waals surface area contributed by atoms with E-state index in [1.54, 1.807) is 28.8 Å². The minimum Gasteiger partial charge on any atom is -0.341 e. The lowest BCUT2D eigenvalue weighted by Gasteiger charge is -2.15. The van der Waals surface area contributed by atoms with E-state index in [1.807, 2.05) is 18.2 Å². The minimum atomic E-state index is -0.723. The number of hydrogen-bond donors (Lipinski definition) is 2. The fraction of sp³-hybridized carbons (Fsp3) is 0.125. The van der Waals surface area contributed by atoms with Gasteiger partial charge in [0.2, 0.25) is 5.91 Å². The molecule has 0 aliphatic carbocycles. The van der Waals surface area contributed by atoms with Crippen molar-refractivity contribution in [2.24, 2.45) is 0 Å². The first-order valence-corrected chi connectivity index (χ1v) is 9.07. The quantitative estimate of drug-likeness (QED) is 0.645. The Labute approximate surface area is 163 Å². The first-order valence-electron chi connectivity index (χ1n) is 7.43. The lowest BCUT2D eigenvalue weighted by atomic mass is 10.1. The van der Waals surface area contributed by atoms with Crippen LogP contribution in [0.5, 0.6) is 0 Å². The van der Waals surface area contributed by atoms with Crippen LogP contribution in [-0.2, 0) is 4.79 Å². The highest BCUT2D eigenvalue weighted by Crippen LogP contribution is 2.35. The molecule has 10 heteroatoms. The van der Waals surface area contributed by atoms with Gasteiger partial charge in [-0.05, 0) is 11.6 Å². The molecule has 3 aromatic rings. The maximum absolute atomic E-state index is 12.6. The van der Waals surface area contributed by atoms with Gasteiger partial charge < -0.3 is 5.32 Å². The summed E-state index contributed by atoms with van der Waals surface area (Å²) < 4.78 is 1.61. The van der Waals surface area contributed by atoms with Crippen LogP contribution >= 0.6 is 35.0 Å². The second-order valence-electron chi connectivity index (χ2n) is 5.16. The Balaban J connectivity index is 1.98. The van der Waals surface area contributed by atoms with E-state index in [0.717, 1.165) is 11.8 Å². The smallest absolute Gasteiger partial charge is 0.321 e. The van der Waals surface area contributed by atoms with Crippen LogP contribution < -0.4 is 10.6 Å². The third-order valence-corrected chi connectivity index (χ3v) is 5.12. The Morgan fingerprint density at radius 1 is 1.19 bits per heavy atom. The number of pyridine rings is 1. The van der Waals surface area contributed by atoms with Crippen molar-refractivity contribution < 1.29 is 9.59 Å². The van der Waals surface area contributed by atoms with E-state index < -0.39 is 17.2 Å². The number of amides is 3. The molecule has 3 amide bonds. The average Bonchev–Trinajstić information content (AvgIpc) is 3.03. The van der Waals surface area contributed by atoms with E-state index in [2.05, 4.69) is 20.8 Å². The average molecular weight is 410 g/mol. The normalized spacial score (nSPS) is 12.0. The number of imide groups is 1. The van der Waals surface area contributed by atoms with Crippen molar-refractivity contribution in [1.82, 2.24) is 25.2 Å². The monoisotopic (exact) mass is 409 g/mol. The summed E-state index contributed by atoms with van der Waals surface area (Å²) in [5, 5.41) is 13.2. The van der Waals surface area contributed by atoms with Crippen molar-refractivity contribution in [3.05, 3.63) is 58.2 Å². The fourth-order valence-corrected chi connectivity index (χ4v) is 3.75. The standard InChI is InChI=1S/C16H13Cl2N5O2S/c1-19-15(25)20-14(24)12(9-5-3-2-4-6-9)26-16-22-21-13-11(18)7-10(17)8-23(13)16/h2-8,12H,1H3,(H2,19,20,24,25)/t12-/m0/s1. The number of benzene rings is 1. The Bertz CT molecular complexity index is 964. The Kier molecular flexibility index (Phi) is 5.65. The topological polar surface area (TPSA) is 88.4 Å². The molecular formula is C16H13Cl2N5O2S. The Hall–Kier alpha value is -2.29. The number of fused-ring (bicyclic) bond motifs is 1. The minimum absolute atomic E-state index is 0.350. The van der Waals surface area contributed by atoms with Crippen molar-refractivity contribution in [1.29, 1.82) is 0 Å². The SMILES string of the molecule is CNC(=O)NC(=O)[C@@H](Sc1nnc2c(Cl)cc(Cl)cn12)c1ccccc1. The maximum Gasteiger partial charge on any atom is 0.321 e. The van der Waals surface area contributed by atoms with Gasteiger partial charge in [-0.1, -0.05) is 65.3 Å². The number of halogens is 2. The molecule has 0 saturated heterocycles. The Morgan fingerprint density at radius 2 is 1.92 bits per heavy atom. The molecule has 0 spiro atoms. The van der Waals surface area contributed by atoms with Crippen molar-refractivity contribution in [2.45, 2.75) is 10.4 Å². The van der Waals surface area contributed by atoms with Gasteiger partial charge in [-0.25, -0.2) is 4.79 Å². The molecular weight excluding hydrogens is 397 g/mol. The van der Waals surface area contributed by atoms with E-state index >= 15 is 0 Å². The third kappa shape index (κ3) is 3.92. The molecule has 134 valence electrons. The number of nitrogens with one attached hydrogen (secondary N) is 2. The second kappa shape index (κ2) is 7.94. The molecule has 7 nitrogen and oxygen atoms in total. The summed E-state index contributed by atoms with van der Waals surface area (Å²) in [7, 11) is 1.43. The molecule has 0 unspecified atom stereocenters. The van der Waals surface area contributed by atoms with Gasteiger partial charge >= 0.3 is 6.03 Å². The summed E-state index contributed by atoms with van der Waals surface area (Å²) in [5.74, 6) is -0.481. The second-order valence-corrected chi connectivity index (χ2v) is 7.08. The summed E-state index contributed by atoms with van der Waals surface area (Å²) in [6, 6.07) is 10.0.